The molecule has 2 atom stereocenters. The van der Waals surface area contributed by atoms with E-state index in [-0.39, 0.29) is 18.1 Å². The van der Waals surface area contributed by atoms with Gasteiger partial charge in [-0.25, -0.2) is 0 Å². The zero-order valence-corrected chi connectivity index (χ0v) is 11.4. The monoisotopic (exact) mass is 288 g/mol. The quantitative estimate of drug-likeness (QED) is 0.928. The normalized spacial score (nSPS) is 30.7. The molecule has 20 heavy (non-hydrogen) atoms. The summed E-state index contributed by atoms with van der Waals surface area (Å²) in [6, 6.07) is 0.310. The van der Waals surface area contributed by atoms with Crippen molar-refractivity contribution < 1.29 is 13.2 Å². The second kappa shape index (κ2) is 4.95. The Balaban J connectivity index is 1.70. The van der Waals surface area contributed by atoms with Crippen molar-refractivity contribution in [3.05, 3.63) is 12.4 Å². The van der Waals surface area contributed by atoms with Gasteiger partial charge in [-0.2, -0.15) is 18.3 Å². The molecule has 2 unspecified atom stereocenters. The van der Waals surface area contributed by atoms with Gasteiger partial charge >= 0.3 is 6.18 Å². The zero-order chi connectivity index (χ0) is 14.3. The molecule has 2 bridgehead atoms. The van der Waals surface area contributed by atoms with Gasteiger partial charge in [0, 0.05) is 25.3 Å². The smallest absolute Gasteiger partial charge is 0.386 e. The predicted octanol–water partition coefficient (Wildman–Crippen LogP) is 2.66. The Labute approximate surface area is 115 Å². The van der Waals surface area contributed by atoms with Gasteiger partial charge in [0.2, 0.25) is 0 Å². The van der Waals surface area contributed by atoms with Gasteiger partial charge in [-0.15, -0.1) is 0 Å². The van der Waals surface area contributed by atoms with E-state index in [1.807, 2.05) is 17.9 Å². The van der Waals surface area contributed by atoms with Crippen LogP contribution in [-0.4, -0.2) is 46.5 Å². The summed E-state index contributed by atoms with van der Waals surface area (Å²) < 4.78 is 39.8. The molecule has 2 aliphatic heterocycles. The van der Waals surface area contributed by atoms with E-state index in [0.29, 0.717) is 0 Å². The highest BCUT2D eigenvalue weighted by atomic mass is 19.4. The topological polar surface area (TPSA) is 33.1 Å². The number of aromatic nitrogens is 2. The molecular weight excluding hydrogens is 269 g/mol. The predicted molar refractivity (Wildman–Crippen MR) is 69.6 cm³/mol. The van der Waals surface area contributed by atoms with E-state index in [4.69, 9.17) is 0 Å². The van der Waals surface area contributed by atoms with E-state index < -0.39 is 12.7 Å². The van der Waals surface area contributed by atoms with Crippen LogP contribution in [-0.2, 0) is 0 Å². The number of nitrogens with zero attached hydrogens (tertiary/aromatic N) is 3. The van der Waals surface area contributed by atoms with E-state index >= 15 is 0 Å². The number of hydrogen-bond donors (Lipinski definition) is 1. The van der Waals surface area contributed by atoms with Crippen molar-refractivity contribution in [1.29, 1.82) is 0 Å². The lowest BCUT2D eigenvalue weighted by Crippen LogP contribution is -2.47. The van der Waals surface area contributed by atoms with Gasteiger partial charge in [0.25, 0.3) is 0 Å². The van der Waals surface area contributed by atoms with Crippen LogP contribution in [0.5, 0.6) is 0 Å². The van der Waals surface area contributed by atoms with Crippen LogP contribution >= 0.6 is 0 Å². The molecule has 2 saturated heterocycles. The largest absolute Gasteiger partial charge is 0.401 e. The Morgan fingerprint density at radius 1 is 1.25 bits per heavy atom. The fraction of sp³-hybridized carbons (Fsp3) is 0.769. The summed E-state index contributed by atoms with van der Waals surface area (Å²) in [6.45, 7) is -0.768. The average molecular weight is 288 g/mol. The third-order valence-electron chi connectivity index (χ3n) is 4.49. The minimum atomic E-state index is -4.10. The summed E-state index contributed by atoms with van der Waals surface area (Å²) in [5.74, 6) is 0. The molecule has 1 N–H and O–H groups in total. The first kappa shape index (κ1) is 13.7. The fourth-order valence-electron chi connectivity index (χ4n) is 3.59. The van der Waals surface area contributed by atoms with Gasteiger partial charge in [-0.3, -0.25) is 9.58 Å². The summed E-state index contributed by atoms with van der Waals surface area (Å²) >= 11 is 0. The fourth-order valence-corrected chi connectivity index (χ4v) is 3.59. The molecule has 0 aliphatic carbocycles. The second-order valence-electron chi connectivity index (χ2n) is 5.76. The van der Waals surface area contributed by atoms with Crippen LogP contribution < -0.4 is 5.32 Å². The average Bonchev–Trinajstić information content (AvgIpc) is 2.91. The van der Waals surface area contributed by atoms with Gasteiger partial charge in [-0.05, 0) is 25.7 Å². The summed E-state index contributed by atoms with van der Waals surface area (Å²) in [4.78, 5) is 1.65. The molecule has 4 nitrogen and oxygen atoms in total. The van der Waals surface area contributed by atoms with Crippen LogP contribution in [0.2, 0.25) is 0 Å². The number of halogens is 3. The van der Waals surface area contributed by atoms with Crippen LogP contribution in [0.3, 0.4) is 0 Å². The maximum atomic E-state index is 12.6. The molecule has 2 fully saturated rings. The minimum absolute atomic E-state index is 0.0441. The van der Waals surface area contributed by atoms with Crippen molar-refractivity contribution in [3.63, 3.8) is 0 Å². The van der Waals surface area contributed by atoms with Crippen molar-refractivity contribution in [1.82, 2.24) is 14.7 Å². The number of nitrogens with one attached hydrogen (secondary N) is 1. The Morgan fingerprint density at radius 2 is 1.90 bits per heavy atom. The number of anilines is 1. The highest BCUT2D eigenvalue weighted by Gasteiger charge is 2.45. The number of hydrogen-bond acceptors (Lipinski definition) is 3. The molecule has 0 spiro atoms. The summed E-state index contributed by atoms with van der Waals surface area (Å²) in [7, 11) is 1.83. The van der Waals surface area contributed by atoms with Gasteiger partial charge in [0.15, 0.2) is 0 Å². The van der Waals surface area contributed by atoms with Gasteiger partial charge in [-0.1, -0.05) is 0 Å². The van der Waals surface area contributed by atoms with E-state index in [1.165, 1.54) is 0 Å². The molecule has 2 aliphatic rings. The van der Waals surface area contributed by atoms with Crippen LogP contribution in [0, 0.1) is 0 Å². The van der Waals surface area contributed by atoms with E-state index in [2.05, 4.69) is 10.4 Å². The number of piperidine rings is 1. The summed E-state index contributed by atoms with van der Waals surface area (Å²) in [5.41, 5.74) is 0.940. The zero-order valence-electron chi connectivity index (χ0n) is 11.4. The first-order valence-corrected chi connectivity index (χ1v) is 7.00. The molecule has 112 valence electrons. The number of rotatable bonds is 3. The first-order valence-electron chi connectivity index (χ1n) is 7.00. The van der Waals surface area contributed by atoms with Gasteiger partial charge in [0.05, 0.1) is 24.5 Å². The lowest BCUT2D eigenvalue weighted by Gasteiger charge is -2.39. The van der Waals surface area contributed by atoms with E-state index in [0.717, 1.165) is 31.4 Å². The Morgan fingerprint density at radius 3 is 2.40 bits per heavy atom. The summed E-state index contributed by atoms with van der Waals surface area (Å²) in [5, 5.41) is 7.34. The van der Waals surface area contributed by atoms with Gasteiger partial charge in [0.1, 0.15) is 0 Å². The first-order chi connectivity index (χ1) is 9.46. The van der Waals surface area contributed by atoms with Crippen molar-refractivity contribution in [2.75, 3.05) is 18.9 Å². The molecule has 1 aromatic heterocycles. The SMILES string of the molecule is CNc1cnn(C2CC3CCC(C2)N3CC(F)(F)F)c1. The second-order valence-corrected chi connectivity index (χ2v) is 5.76. The standard InChI is InChI=1S/C13H19F3N4/c1-17-9-6-18-20(7-9)12-4-10-2-3-11(5-12)19(10)8-13(14,15)16/h6-7,10-12,17H,2-5,8H2,1H3. The van der Waals surface area contributed by atoms with Crippen LogP contribution in [0.15, 0.2) is 12.4 Å². The van der Waals surface area contributed by atoms with Crippen molar-refractivity contribution in [2.45, 2.75) is 50.0 Å². The van der Waals surface area contributed by atoms with Crippen LogP contribution in [0.4, 0.5) is 18.9 Å². The van der Waals surface area contributed by atoms with Crippen molar-refractivity contribution >= 4 is 5.69 Å². The maximum absolute atomic E-state index is 12.6. The Hall–Kier alpha value is -1.24. The highest BCUT2D eigenvalue weighted by Crippen LogP contribution is 2.42. The molecule has 0 aromatic carbocycles. The molecule has 0 amide bonds. The lowest BCUT2D eigenvalue weighted by molar-refractivity contribution is -0.156. The highest BCUT2D eigenvalue weighted by molar-refractivity contribution is 5.37. The van der Waals surface area contributed by atoms with Crippen LogP contribution in [0.1, 0.15) is 31.7 Å². The maximum Gasteiger partial charge on any atom is 0.401 e. The third kappa shape index (κ3) is 2.63. The molecule has 0 saturated carbocycles. The number of fused-ring (bicyclic) bond motifs is 2. The molecular formula is C13H19F3N4. The number of alkyl halides is 3. The molecule has 7 heteroatoms. The minimum Gasteiger partial charge on any atom is -0.386 e. The van der Waals surface area contributed by atoms with Crippen LogP contribution in [0.25, 0.3) is 0 Å². The molecule has 3 rings (SSSR count). The van der Waals surface area contributed by atoms with Crippen molar-refractivity contribution in [3.8, 4) is 0 Å². The van der Waals surface area contributed by atoms with Gasteiger partial charge < -0.3 is 5.32 Å². The Kier molecular flexibility index (Phi) is 3.40. The lowest BCUT2D eigenvalue weighted by atomic mass is 9.97. The Bertz CT molecular complexity index is 456. The van der Waals surface area contributed by atoms with Crippen molar-refractivity contribution in [2.24, 2.45) is 0 Å². The van der Waals surface area contributed by atoms with E-state index in [1.54, 1.807) is 11.1 Å². The molecule has 0 radical (unpaired) electrons. The third-order valence-corrected chi connectivity index (χ3v) is 4.49. The summed E-state index contributed by atoms with van der Waals surface area (Å²) in [6.07, 6.45) is 2.86. The van der Waals surface area contributed by atoms with E-state index in [9.17, 15) is 13.2 Å². The molecule has 3 heterocycles. The molecule has 1 aromatic rings.